The van der Waals surface area contributed by atoms with E-state index < -0.39 is 5.60 Å². The first kappa shape index (κ1) is 13.8. The molecule has 5 heteroatoms. The number of aromatic nitrogens is 3. The highest BCUT2D eigenvalue weighted by molar-refractivity contribution is 6.30. The van der Waals surface area contributed by atoms with Crippen molar-refractivity contribution in [1.82, 2.24) is 15.0 Å². The van der Waals surface area contributed by atoms with Crippen molar-refractivity contribution >= 4 is 11.6 Å². The molecule has 0 radical (unpaired) electrons. The number of rotatable bonds is 3. The van der Waals surface area contributed by atoms with Crippen LogP contribution in [0.4, 0.5) is 0 Å². The summed E-state index contributed by atoms with van der Waals surface area (Å²) in [6.45, 7) is 1.72. The number of halogens is 1. The molecule has 0 spiro atoms. The van der Waals surface area contributed by atoms with Crippen molar-refractivity contribution in [2.24, 2.45) is 0 Å². The fraction of sp³-hybridized carbons (Fsp3) is 0.125. The zero-order valence-electron chi connectivity index (χ0n) is 11.4. The molecule has 0 bridgehead atoms. The van der Waals surface area contributed by atoms with E-state index in [0.29, 0.717) is 10.7 Å². The Kier molecular flexibility index (Phi) is 3.49. The largest absolute Gasteiger partial charge is 0.379 e. The molecule has 4 nitrogen and oxygen atoms in total. The molecule has 3 aromatic rings. The molecule has 2 aromatic carbocycles. The van der Waals surface area contributed by atoms with Crippen molar-refractivity contribution in [3.63, 3.8) is 0 Å². The maximum atomic E-state index is 10.9. The fourth-order valence-electron chi connectivity index (χ4n) is 2.25. The van der Waals surface area contributed by atoms with Gasteiger partial charge in [0.2, 0.25) is 0 Å². The van der Waals surface area contributed by atoms with Crippen LogP contribution in [0, 0.1) is 0 Å². The van der Waals surface area contributed by atoms with Gasteiger partial charge in [-0.2, -0.15) is 0 Å². The van der Waals surface area contributed by atoms with Gasteiger partial charge in [0.25, 0.3) is 0 Å². The lowest BCUT2D eigenvalue weighted by Gasteiger charge is -2.24. The number of hydrogen-bond acceptors (Lipinski definition) is 3. The Labute approximate surface area is 127 Å². The molecule has 0 fully saturated rings. The summed E-state index contributed by atoms with van der Waals surface area (Å²) in [5, 5.41) is 19.6. The fourth-order valence-corrected chi connectivity index (χ4v) is 2.38. The monoisotopic (exact) mass is 299 g/mol. The third-order valence-corrected chi connectivity index (χ3v) is 3.71. The molecule has 0 aliphatic heterocycles. The van der Waals surface area contributed by atoms with Crippen LogP contribution in [0.2, 0.25) is 5.02 Å². The van der Waals surface area contributed by atoms with Crippen LogP contribution in [0.3, 0.4) is 0 Å². The third kappa shape index (κ3) is 2.55. The van der Waals surface area contributed by atoms with Crippen LogP contribution in [0.1, 0.15) is 18.2 Å². The van der Waals surface area contributed by atoms with Gasteiger partial charge in [-0.1, -0.05) is 47.1 Å². The molecule has 1 heterocycles. The zero-order valence-corrected chi connectivity index (χ0v) is 12.2. The molecule has 1 atom stereocenters. The average molecular weight is 300 g/mol. The summed E-state index contributed by atoms with van der Waals surface area (Å²) < 4.78 is 1.63. The molecular weight excluding hydrogens is 286 g/mol. The van der Waals surface area contributed by atoms with Gasteiger partial charge in [0.15, 0.2) is 0 Å². The molecule has 21 heavy (non-hydrogen) atoms. The number of para-hydroxylation sites is 1. The topological polar surface area (TPSA) is 50.9 Å². The number of hydrogen-bond donors (Lipinski definition) is 1. The Balaban J connectivity index is 2.08. The minimum Gasteiger partial charge on any atom is -0.379 e. The second kappa shape index (κ2) is 5.31. The molecule has 3 rings (SSSR count). The van der Waals surface area contributed by atoms with E-state index in [-0.39, 0.29) is 0 Å². The minimum absolute atomic E-state index is 0.594. The van der Waals surface area contributed by atoms with Crippen molar-refractivity contribution in [1.29, 1.82) is 0 Å². The van der Waals surface area contributed by atoms with Gasteiger partial charge < -0.3 is 5.11 Å². The summed E-state index contributed by atoms with van der Waals surface area (Å²) in [5.41, 5.74) is 0.950. The molecular formula is C16H14ClN3O. The van der Waals surface area contributed by atoms with Gasteiger partial charge in [-0.05, 0) is 36.8 Å². The normalized spacial score (nSPS) is 13.9. The van der Waals surface area contributed by atoms with Gasteiger partial charge >= 0.3 is 0 Å². The second-order valence-electron chi connectivity index (χ2n) is 4.95. The zero-order chi connectivity index (χ0) is 14.9. The van der Waals surface area contributed by atoms with Crippen molar-refractivity contribution in [3.05, 3.63) is 77.1 Å². The summed E-state index contributed by atoms with van der Waals surface area (Å²) in [5.74, 6) is 0. The molecule has 0 aliphatic carbocycles. The standard InChI is InChI=1S/C16H14ClN3O/c1-16(21,12-7-9-13(17)10-8-12)15-11-18-19-20(15)14-5-3-2-4-6-14/h2-11,21H,1H3. The molecule has 1 N–H and O–H groups in total. The molecule has 0 amide bonds. The molecule has 0 aliphatic rings. The van der Waals surface area contributed by atoms with Gasteiger partial charge in [-0.15, -0.1) is 5.10 Å². The maximum absolute atomic E-state index is 10.9. The van der Waals surface area contributed by atoms with Crippen LogP contribution in [-0.2, 0) is 5.60 Å². The van der Waals surface area contributed by atoms with E-state index in [0.717, 1.165) is 11.3 Å². The number of aliphatic hydroxyl groups is 1. The van der Waals surface area contributed by atoms with Gasteiger partial charge in [-0.25, -0.2) is 4.68 Å². The molecule has 1 aromatic heterocycles. The molecule has 0 saturated heterocycles. The van der Waals surface area contributed by atoms with Gasteiger partial charge in [0.1, 0.15) is 11.3 Å². The first-order valence-electron chi connectivity index (χ1n) is 6.54. The molecule has 106 valence electrons. The van der Waals surface area contributed by atoms with Crippen LogP contribution in [0.25, 0.3) is 5.69 Å². The van der Waals surface area contributed by atoms with Crippen LogP contribution in [0.15, 0.2) is 60.8 Å². The first-order chi connectivity index (χ1) is 10.1. The third-order valence-electron chi connectivity index (χ3n) is 3.46. The number of benzene rings is 2. The maximum Gasteiger partial charge on any atom is 0.130 e. The van der Waals surface area contributed by atoms with Crippen LogP contribution in [0.5, 0.6) is 0 Å². The molecule has 1 unspecified atom stereocenters. The second-order valence-corrected chi connectivity index (χ2v) is 5.38. The van der Waals surface area contributed by atoms with Gasteiger partial charge in [0.05, 0.1) is 11.9 Å². The summed E-state index contributed by atoms with van der Waals surface area (Å²) >= 11 is 5.90. The Hall–Kier alpha value is -2.17. The lowest BCUT2D eigenvalue weighted by molar-refractivity contribution is 0.0946. The Morgan fingerprint density at radius 1 is 1.05 bits per heavy atom. The number of nitrogens with zero attached hydrogens (tertiary/aromatic N) is 3. The van der Waals surface area contributed by atoms with E-state index in [4.69, 9.17) is 11.6 Å². The summed E-state index contributed by atoms with van der Waals surface area (Å²) in [7, 11) is 0. The van der Waals surface area contributed by atoms with Crippen molar-refractivity contribution in [2.45, 2.75) is 12.5 Å². The van der Waals surface area contributed by atoms with E-state index >= 15 is 0 Å². The highest BCUT2D eigenvalue weighted by atomic mass is 35.5. The van der Waals surface area contributed by atoms with Crippen LogP contribution >= 0.6 is 11.6 Å². The highest BCUT2D eigenvalue weighted by Crippen LogP contribution is 2.30. The minimum atomic E-state index is -1.22. The first-order valence-corrected chi connectivity index (χ1v) is 6.92. The highest BCUT2D eigenvalue weighted by Gasteiger charge is 2.30. The lowest BCUT2D eigenvalue weighted by Crippen LogP contribution is -2.26. The Bertz CT molecular complexity index is 736. The quantitative estimate of drug-likeness (QED) is 0.808. The van der Waals surface area contributed by atoms with Crippen LogP contribution < -0.4 is 0 Å². The predicted molar refractivity (Wildman–Crippen MR) is 81.5 cm³/mol. The molecule has 0 saturated carbocycles. The Morgan fingerprint density at radius 3 is 2.38 bits per heavy atom. The van der Waals surface area contributed by atoms with Crippen LogP contribution in [-0.4, -0.2) is 20.1 Å². The lowest BCUT2D eigenvalue weighted by atomic mass is 9.93. The smallest absolute Gasteiger partial charge is 0.130 e. The summed E-state index contributed by atoms with van der Waals surface area (Å²) in [4.78, 5) is 0. The van der Waals surface area contributed by atoms with Crippen molar-refractivity contribution in [3.8, 4) is 5.69 Å². The van der Waals surface area contributed by atoms with Crippen molar-refractivity contribution in [2.75, 3.05) is 0 Å². The van der Waals surface area contributed by atoms with Gasteiger partial charge in [0, 0.05) is 5.02 Å². The van der Waals surface area contributed by atoms with Gasteiger partial charge in [-0.3, -0.25) is 0 Å². The Morgan fingerprint density at radius 2 is 1.71 bits per heavy atom. The van der Waals surface area contributed by atoms with E-state index in [2.05, 4.69) is 10.3 Å². The average Bonchev–Trinajstić information content (AvgIpc) is 2.99. The van der Waals surface area contributed by atoms with E-state index in [9.17, 15) is 5.11 Å². The van der Waals surface area contributed by atoms with Crippen molar-refractivity contribution < 1.29 is 5.11 Å². The SMILES string of the molecule is CC(O)(c1ccc(Cl)cc1)c1cnnn1-c1ccccc1. The summed E-state index contributed by atoms with van der Waals surface area (Å²) in [6.07, 6.45) is 1.57. The predicted octanol–water partition coefficient (Wildman–Crippen LogP) is 3.18. The van der Waals surface area contributed by atoms with E-state index in [1.54, 1.807) is 42.1 Å². The van der Waals surface area contributed by atoms with E-state index in [1.807, 2.05) is 30.3 Å². The van der Waals surface area contributed by atoms with E-state index in [1.165, 1.54) is 0 Å². The summed E-state index contributed by atoms with van der Waals surface area (Å²) in [6, 6.07) is 16.7.